The predicted octanol–water partition coefficient (Wildman–Crippen LogP) is 4.51. The number of ether oxygens (including phenoxy) is 1. The molecule has 0 saturated heterocycles. The van der Waals surface area contributed by atoms with Crippen LogP contribution in [-0.2, 0) is 11.4 Å². The highest BCUT2D eigenvalue weighted by Crippen LogP contribution is 2.17. The van der Waals surface area contributed by atoms with Gasteiger partial charge >= 0.3 is 0 Å². The number of pyridine rings is 1. The van der Waals surface area contributed by atoms with Crippen LogP contribution in [0.2, 0.25) is 0 Å². The number of aryl methyl sites for hydroxylation is 1. The van der Waals surface area contributed by atoms with E-state index < -0.39 is 5.91 Å². The summed E-state index contributed by atoms with van der Waals surface area (Å²) in [5.74, 6) is 0.633. The third kappa shape index (κ3) is 5.29. The number of carbonyl (C=O) groups is 1. The van der Waals surface area contributed by atoms with Crippen molar-refractivity contribution in [1.29, 1.82) is 5.26 Å². The van der Waals surface area contributed by atoms with Crippen molar-refractivity contribution >= 4 is 17.8 Å². The van der Waals surface area contributed by atoms with E-state index >= 15 is 0 Å². The smallest absolute Gasteiger partial charge is 0.267 e. The van der Waals surface area contributed by atoms with E-state index in [-0.39, 0.29) is 5.57 Å². The Morgan fingerprint density at radius 3 is 2.50 bits per heavy atom. The lowest BCUT2D eigenvalue weighted by molar-refractivity contribution is -0.112. The summed E-state index contributed by atoms with van der Waals surface area (Å²) in [5, 5.41) is 12.0. The Balaban J connectivity index is 1.65. The molecule has 0 unspecified atom stereocenters. The molecule has 0 atom stereocenters. The van der Waals surface area contributed by atoms with Gasteiger partial charge < -0.3 is 10.1 Å². The van der Waals surface area contributed by atoms with Gasteiger partial charge in [0.15, 0.2) is 0 Å². The molecule has 0 spiro atoms. The Kier molecular flexibility index (Phi) is 6.17. The lowest BCUT2D eigenvalue weighted by Gasteiger charge is -2.07. The lowest BCUT2D eigenvalue weighted by Crippen LogP contribution is -2.14. The summed E-state index contributed by atoms with van der Waals surface area (Å²) in [5.41, 5.74) is 2.60. The number of benzene rings is 2. The molecule has 0 aliphatic rings. The second-order valence-electron chi connectivity index (χ2n) is 6.13. The lowest BCUT2D eigenvalue weighted by atomic mass is 10.1. The molecule has 138 valence electrons. The summed E-state index contributed by atoms with van der Waals surface area (Å²) in [6.45, 7) is 2.31. The standard InChI is InChI=1S/C23H19N3O2/c1-17-6-5-9-22(25-17)26-23(27)20(15-24)14-18-10-12-21(13-11-18)28-16-19-7-3-2-4-8-19/h2-14H,16H2,1H3,(H,25,26,27). The van der Waals surface area contributed by atoms with Gasteiger partial charge in [-0.2, -0.15) is 5.26 Å². The topological polar surface area (TPSA) is 75.0 Å². The predicted molar refractivity (Wildman–Crippen MR) is 108 cm³/mol. The number of nitrogens with one attached hydrogen (secondary N) is 1. The number of anilines is 1. The van der Waals surface area contributed by atoms with Crippen LogP contribution in [0.5, 0.6) is 5.75 Å². The highest BCUT2D eigenvalue weighted by atomic mass is 16.5. The van der Waals surface area contributed by atoms with Gasteiger partial charge in [0.05, 0.1) is 0 Å². The summed E-state index contributed by atoms with van der Waals surface area (Å²) >= 11 is 0. The minimum atomic E-state index is -0.495. The quantitative estimate of drug-likeness (QED) is 0.512. The van der Waals surface area contributed by atoms with Gasteiger partial charge in [-0.3, -0.25) is 4.79 Å². The third-order valence-corrected chi connectivity index (χ3v) is 3.93. The second kappa shape index (κ2) is 9.15. The molecular weight excluding hydrogens is 350 g/mol. The number of aromatic nitrogens is 1. The molecule has 0 aliphatic carbocycles. The minimum Gasteiger partial charge on any atom is -0.489 e. The molecule has 1 aromatic heterocycles. The molecule has 5 nitrogen and oxygen atoms in total. The van der Waals surface area contributed by atoms with Crippen molar-refractivity contribution in [3.8, 4) is 11.8 Å². The molecule has 28 heavy (non-hydrogen) atoms. The maximum Gasteiger partial charge on any atom is 0.267 e. The Morgan fingerprint density at radius 1 is 1.07 bits per heavy atom. The SMILES string of the molecule is Cc1cccc(NC(=O)C(C#N)=Cc2ccc(OCc3ccccc3)cc2)n1. The molecule has 0 aliphatic heterocycles. The number of amides is 1. The highest BCUT2D eigenvalue weighted by molar-refractivity contribution is 6.09. The number of rotatable bonds is 6. The normalized spacial score (nSPS) is 10.8. The first-order valence-electron chi connectivity index (χ1n) is 8.77. The van der Waals surface area contributed by atoms with Crippen LogP contribution >= 0.6 is 0 Å². The third-order valence-electron chi connectivity index (χ3n) is 3.93. The fourth-order valence-electron chi connectivity index (χ4n) is 2.51. The van der Waals surface area contributed by atoms with Crippen molar-refractivity contribution in [2.45, 2.75) is 13.5 Å². The summed E-state index contributed by atoms with van der Waals surface area (Å²) in [7, 11) is 0. The molecule has 5 heteroatoms. The summed E-state index contributed by atoms with van der Waals surface area (Å²) in [6.07, 6.45) is 1.53. The second-order valence-corrected chi connectivity index (χ2v) is 6.13. The zero-order valence-corrected chi connectivity index (χ0v) is 15.4. The monoisotopic (exact) mass is 369 g/mol. The molecule has 1 amide bonds. The fraction of sp³-hybridized carbons (Fsp3) is 0.0870. The molecular formula is C23H19N3O2. The Labute approximate surface area is 163 Å². The Morgan fingerprint density at radius 2 is 1.82 bits per heavy atom. The average molecular weight is 369 g/mol. The number of nitriles is 1. The van der Waals surface area contributed by atoms with Gasteiger partial charge in [-0.25, -0.2) is 4.98 Å². The minimum absolute atomic E-state index is 0.00117. The van der Waals surface area contributed by atoms with Gasteiger partial charge in [-0.1, -0.05) is 48.5 Å². The van der Waals surface area contributed by atoms with Crippen LogP contribution < -0.4 is 10.1 Å². The largest absolute Gasteiger partial charge is 0.489 e. The average Bonchev–Trinajstić information content (AvgIpc) is 2.72. The first kappa shape index (κ1) is 18.9. The van der Waals surface area contributed by atoms with Crippen LogP contribution in [0, 0.1) is 18.3 Å². The van der Waals surface area contributed by atoms with E-state index in [0.29, 0.717) is 18.2 Å². The van der Waals surface area contributed by atoms with Crippen LogP contribution in [0.15, 0.2) is 78.4 Å². The fourth-order valence-corrected chi connectivity index (χ4v) is 2.51. The van der Waals surface area contributed by atoms with Crippen molar-refractivity contribution in [2.75, 3.05) is 5.32 Å². The van der Waals surface area contributed by atoms with Gasteiger partial charge in [0.2, 0.25) is 0 Å². The van der Waals surface area contributed by atoms with Gasteiger partial charge in [-0.05, 0) is 48.4 Å². The van der Waals surface area contributed by atoms with Crippen LogP contribution in [0.1, 0.15) is 16.8 Å². The van der Waals surface area contributed by atoms with Gasteiger partial charge in [0.1, 0.15) is 29.8 Å². The number of hydrogen-bond donors (Lipinski definition) is 1. The van der Waals surface area contributed by atoms with Crippen molar-refractivity contribution in [3.05, 3.63) is 95.2 Å². The first-order chi connectivity index (χ1) is 13.6. The van der Waals surface area contributed by atoms with Gasteiger partial charge in [0, 0.05) is 5.69 Å². The van der Waals surface area contributed by atoms with E-state index in [4.69, 9.17) is 4.74 Å². The summed E-state index contributed by atoms with van der Waals surface area (Å²) in [4.78, 5) is 16.5. The van der Waals surface area contributed by atoms with Crippen molar-refractivity contribution in [3.63, 3.8) is 0 Å². The van der Waals surface area contributed by atoms with Crippen LogP contribution in [-0.4, -0.2) is 10.9 Å². The van der Waals surface area contributed by atoms with Crippen LogP contribution in [0.4, 0.5) is 5.82 Å². The molecule has 3 rings (SSSR count). The Bertz CT molecular complexity index is 1020. The molecule has 2 aromatic carbocycles. The van der Waals surface area contributed by atoms with Crippen LogP contribution in [0.3, 0.4) is 0 Å². The zero-order valence-electron chi connectivity index (χ0n) is 15.4. The number of carbonyl (C=O) groups excluding carboxylic acids is 1. The molecule has 1 heterocycles. The summed E-state index contributed by atoms with van der Waals surface area (Å²) in [6, 6.07) is 24.4. The summed E-state index contributed by atoms with van der Waals surface area (Å²) < 4.78 is 5.74. The number of nitrogens with zero attached hydrogens (tertiary/aromatic N) is 2. The highest BCUT2D eigenvalue weighted by Gasteiger charge is 2.10. The molecule has 0 saturated carbocycles. The number of hydrogen-bond acceptors (Lipinski definition) is 4. The van der Waals surface area contributed by atoms with E-state index in [9.17, 15) is 10.1 Å². The van der Waals surface area contributed by atoms with E-state index in [1.807, 2.05) is 61.5 Å². The van der Waals surface area contributed by atoms with E-state index in [0.717, 1.165) is 16.8 Å². The Hall–Kier alpha value is -3.91. The van der Waals surface area contributed by atoms with Gasteiger partial charge in [0.25, 0.3) is 5.91 Å². The van der Waals surface area contributed by atoms with E-state index in [1.54, 1.807) is 24.3 Å². The molecule has 0 radical (unpaired) electrons. The molecule has 3 aromatic rings. The molecule has 0 bridgehead atoms. The van der Waals surface area contributed by atoms with Crippen molar-refractivity contribution in [2.24, 2.45) is 0 Å². The molecule has 0 fully saturated rings. The van der Waals surface area contributed by atoms with E-state index in [1.165, 1.54) is 6.08 Å². The first-order valence-corrected chi connectivity index (χ1v) is 8.77. The maximum atomic E-state index is 12.3. The van der Waals surface area contributed by atoms with Gasteiger partial charge in [-0.15, -0.1) is 0 Å². The van der Waals surface area contributed by atoms with E-state index in [2.05, 4.69) is 10.3 Å². The van der Waals surface area contributed by atoms with Crippen molar-refractivity contribution in [1.82, 2.24) is 4.98 Å². The zero-order chi connectivity index (χ0) is 19.8. The van der Waals surface area contributed by atoms with Crippen LogP contribution in [0.25, 0.3) is 6.08 Å². The van der Waals surface area contributed by atoms with Crippen molar-refractivity contribution < 1.29 is 9.53 Å². The molecule has 1 N–H and O–H groups in total. The maximum absolute atomic E-state index is 12.3.